The Labute approximate surface area is 285 Å². The standard InChI is InChI=1S/C38H46N4O2S2/c1-37(2,3)27-17-19-33(43-23-21-39-35(45)41-29-13-9-7-10-14-29)31(25-27)32-26-28(38(4,5)6)18-20-34(32)44-24-22-40-36(46)42-30-15-11-8-12-16-30/h7-20,25-26H,21-24H2,1-6H3,(H2,39,41,45)(H2,40,42,46). The van der Waals surface area contributed by atoms with Crippen LogP contribution in [0.1, 0.15) is 52.7 Å². The first kappa shape index (κ1) is 34.7. The third-order valence-corrected chi connectivity index (χ3v) is 7.83. The number of benzene rings is 4. The highest BCUT2D eigenvalue weighted by atomic mass is 32.1. The van der Waals surface area contributed by atoms with Crippen LogP contribution < -0.4 is 30.7 Å². The van der Waals surface area contributed by atoms with Crippen LogP contribution >= 0.6 is 24.4 Å². The van der Waals surface area contributed by atoms with Gasteiger partial charge in [-0.1, -0.05) is 90.1 Å². The molecular formula is C38H46N4O2S2. The van der Waals surface area contributed by atoms with Gasteiger partial charge in [-0.3, -0.25) is 0 Å². The minimum Gasteiger partial charge on any atom is -0.491 e. The number of hydrogen-bond donors (Lipinski definition) is 4. The summed E-state index contributed by atoms with van der Waals surface area (Å²) in [7, 11) is 0. The van der Waals surface area contributed by atoms with E-state index in [1.165, 1.54) is 11.1 Å². The van der Waals surface area contributed by atoms with Crippen molar-refractivity contribution in [3.63, 3.8) is 0 Å². The van der Waals surface area contributed by atoms with Crippen molar-refractivity contribution in [3.8, 4) is 22.6 Å². The van der Waals surface area contributed by atoms with Crippen LogP contribution in [0.15, 0.2) is 97.1 Å². The molecule has 0 atom stereocenters. The van der Waals surface area contributed by atoms with E-state index >= 15 is 0 Å². The first-order valence-electron chi connectivity index (χ1n) is 15.6. The third kappa shape index (κ3) is 10.5. The number of anilines is 2. The lowest BCUT2D eigenvalue weighted by atomic mass is 9.83. The predicted molar refractivity (Wildman–Crippen MR) is 202 cm³/mol. The van der Waals surface area contributed by atoms with Gasteiger partial charge in [0.2, 0.25) is 0 Å². The van der Waals surface area contributed by atoms with Gasteiger partial charge in [0, 0.05) is 22.5 Å². The van der Waals surface area contributed by atoms with E-state index in [1.807, 2.05) is 60.7 Å². The molecule has 0 aliphatic heterocycles. The summed E-state index contributed by atoms with van der Waals surface area (Å²) < 4.78 is 12.8. The maximum atomic E-state index is 6.41. The van der Waals surface area contributed by atoms with Gasteiger partial charge in [-0.15, -0.1) is 0 Å². The first-order valence-corrected chi connectivity index (χ1v) is 16.5. The van der Waals surface area contributed by atoms with E-state index in [0.717, 1.165) is 34.0 Å². The monoisotopic (exact) mass is 654 g/mol. The summed E-state index contributed by atoms with van der Waals surface area (Å²) in [4.78, 5) is 0. The van der Waals surface area contributed by atoms with E-state index in [1.54, 1.807) is 0 Å². The van der Waals surface area contributed by atoms with Crippen LogP contribution in [-0.4, -0.2) is 36.5 Å². The second kappa shape index (κ2) is 15.9. The number of hydrogen-bond acceptors (Lipinski definition) is 4. The van der Waals surface area contributed by atoms with E-state index in [0.29, 0.717) is 36.5 Å². The molecular weight excluding hydrogens is 609 g/mol. The van der Waals surface area contributed by atoms with E-state index < -0.39 is 0 Å². The second-order valence-electron chi connectivity index (χ2n) is 13.1. The van der Waals surface area contributed by atoms with E-state index in [2.05, 4.69) is 99.2 Å². The molecule has 4 rings (SSSR count). The van der Waals surface area contributed by atoms with Crippen molar-refractivity contribution in [3.05, 3.63) is 108 Å². The van der Waals surface area contributed by atoms with Crippen molar-refractivity contribution in [2.24, 2.45) is 0 Å². The van der Waals surface area contributed by atoms with Crippen molar-refractivity contribution in [2.45, 2.75) is 52.4 Å². The number of nitrogens with one attached hydrogen (secondary N) is 4. The number of thiocarbonyl (C=S) groups is 2. The molecule has 0 saturated heterocycles. The maximum absolute atomic E-state index is 6.41. The van der Waals surface area contributed by atoms with Gasteiger partial charge in [-0.05, 0) is 94.9 Å². The van der Waals surface area contributed by atoms with Crippen LogP contribution in [0, 0.1) is 0 Å². The lowest BCUT2D eigenvalue weighted by molar-refractivity contribution is 0.319. The van der Waals surface area contributed by atoms with E-state index in [4.69, 9.17) is 33.9 Å². The normalized spacial score (nSPS) is 11.3. The average molecular weight is 655 g/mol. The Morgan fingerprint density at radius 2 is 0.913 bits per heavy atom. The van der Waals surface area contributed by atoms with Crippen LogP contribution in [0.3, 0.4) is 0 Å². The highest BCUT2D eigenvalue weighted by Crippen LogP contribution is 2.41. The van der Waals surface area contributed by atoms with Crippen molar-refractivity contribution in [1.82, 2.24) is 10.6 Å². The SMILES string of the molecule is CC(C)(C)c1ccc(OCCNC(=S)Nc2ccccc2)c(-c2cc(C(C)(C)C)ccc2OCCNC(=S)Nc2ccccc2)c1. The molecule has 0 bridgehead atoms. The molecule has 0 spiro atoms. The van der Waals surface area contributed by atoms with Crippen LogP contribution in [0.2, 0.25) is 0 Å². The molecule has 0 radical (unpaired) electrons. The fraction of sp³-hybridized carbons (Fsp3) is 0.316. The molecule has 0 aliphatic rings. The fourth-order valence-electron chi connectivity index (χ4n) is 4.71. The van der Waals surface area contributed by atoms with Gasteiger partial charge in [0.1, 0.15) is 24.7 Å². The minimum atomic E-state index is -0.0435. The van der Waals surface area contributed by atoms with Crippen LogP contribution in [0.5, 0.6) is 11.5 Å². The van der Waals surface area contributed by atoms with Gasteiger partial charge in [0.25, 0.3) is 0 Å². The van der Waals surface area contributed by atoms with Gasteiger partial charge in [0.05, 0.1) is 13.1 Å². The summed E-state index contributed by atoms with van der Waals surface area (Å²) in [6, 6.07) is 32.6. The summed E-state index contributed by atoms with van der Waals surface area (Å²) in [6.45, 7) is 15.3. The first-order chi connectivity index (χ1) is 21.9. The molecule has 0 aromatic heterocycles. The average Bonchev–Trinajstić information content (AvgIpc) is 3.01. The fourth-order valence-corrected chi connectivity index (χ4v) is 5.15. The Hall–Kier alpha value is -4.14. The highest BCUT2D eigenvalue weighted by Gasteiger charge is 2.22. The third-order valence-electron chi connectivity index (χ3n) is 7.34. The zero-order valence-corrected chi connectivity index (χ0v) is 29.3. The predicted octanol–water partition coefficient (Wildman–Crippen LogP) is 8.68. The van der Waals surface area contributed by atoms with E-state index in [-0.39, 0.29) is 10.8 Å². The van der Waals surface area contributed by atoms with Crippen molar-refractivity contribution >= 4 is 46.0 Å². The molecule has 8 heteroatoms. The van der Waals surface area contributed by atoms with Crippen LogP contribution in [0.25, 0.3) is 11.1 Å². The summed E-state index contributed by atoms with van der Waals surface area (Å²) in [5.41, 5.74) is 6.21. The molecule has 0 fully saturated rings. The zero-order chi connectivity index (χ0) is 33.2. The smallest absolute Gasteiger partial charge is 0.170 e. The summed E-state index contributed by atoms with van der Waals surface area (Å²) >= 11 is 11.0. The molecule has 4 aromatic carbocycles. The lowest BCUT2D eigenvalue weighted by Crippen LogP contribution is -2.32. The van der Waals surface area contributed by atoms with Crippen molar-refractivity contribution in [2.75, 3.05) is 36.9 Å². The molecule has 0 amide bonds. The molecule has 242 valence electrons. The Morgan fingerprint density at radius 3 is 1.26 bits per heavy atom. The van der Waals surface area contributed by atoms with Gasteiger partial charge in [-0.25, -0.2) is 0 Å². The largest absolute Gasteiger partial charge is 0.491 e. The maximum Gasteiger partial charge on any atom is 0.170 e. The zero-order valence-electron chi connectivity index (χ0n) is 27.7. The topological polar surface area (TPSA) is 66.6 Å². The van der Waals surface area contributed by atoms with Gasteiger partial charge in [-0.2, -0.15) is 0 Å². The van der Waals surface area contributed by atoms with Gasteiger partial charge in [0.15, 0.2) is 10.2 Å². The molecule has 6 nitrogen and oxygen atoms in total. The Morgan fingerprint density at radius 1 is 0.543 bits per heavy atom. The highest BCUT2D eigenvalue weighted by molar-refractivity contribution is 7.80. The van der Waals surface area contributed by atoms with Gasteiger partial charge >= 0.3 is 0 Å². The van der Waals surface area contributed by atoms with Crippen molar-refractivity contribution in [1.29, 1.82) is 0 Å². The van der Waals surface area contributed by atoms with E-state index in [9.17, 15) is 0 Å². The Kier molecular flexibility index (Phi) is 12.0. The number of rotatable bonds is 11. The summed E-state index contributed by atoms with van der Waals surface area (Å²) in [5.74, 6) is 1.58. The summed E-state index contributed by atoms with van der Waals surface area (Å²) in [6.07, 6.45) is 0. The molecule has 4 N–H and O–H groups in total. The van der Waals surface area contributed by atoms with Crippen LogP contribution in [0.4, 0.5) is 11.4 Å². The molecule has 0 heterocycles. The quantitative estimate of drug-likeness (QED) is 0.0947. The van der Waals surface area contributed by atoms with Crippen molar-refractivity contribution < 1.29 is 9.47 Å². The van der Waals surface area contributed by atoms with Gasteiger partial charge < -0.3 is 30.7 Å². The number of para-hydroxylation sites is 2. The lowest BCUT2D eigenvalue weighted by Gasteiger charge is -2.25. The molecule has 0 saturated carbocycles. The Bertz CT molecular complexity index is 1480. The van der Waals surface area contributed by atoms with Crippen LogP contribution in [-0.2, 0) is 10.8 Å². The Balaban J connectivity index is 1.51. The summed E-state index contributed by atoms with van der Waals surface area (Å²) in [5, 5.41) is 14.0. The minimum absolute atomic E-state index is 0.0435. The molecule has 0 unspecified atom stereocenters. The molecule has 46 heavy (non-hydrogen) atoms. The second-order valence-corrected chi connectivity index (χ2v) is 13.9. The molecule has 4 aromatic rings. The number of ether oxygens (including phenoxy) is 2. The molecule has 0 aliphatic carbocycles.